The van der Waals surface area contributed by atoms with E-state index in [2.05, 4.69) is 38.4 Å². The number of amides is 1. The summed E-state index contributed by atoms with van der Waals surface area (Å²) >= 11 is 5.02. The van der Waals surface area contributed by atoms with Gasteiger partial charge in [-0.25, -0.2) is 10.4 Å². The van der Waals surface area contributed by atoms with Gasteiger partial charge in [0.25, 0.3) is 11.5 Å². The van der Waals surface area contributed by atoms with Crippen molar-refractivity contribution in [2.24, 2.45) is 11.0 Å². The third-order valence-electron chi connectivity index (χ3n) is 5.60. The molecule has 0 saturated carbocycles. The average Bonchev–Trinajstić information content (AvgIpc) is 3.12. The number of nitrogens with zero attached hydrogens (tertiary/aromatic N) is 3. The van der Waals surface area contributed by atoms with E-state index in [1.807, 2.05) is 12.1 Å². The van der Waals surface area contributed by atoms with Gasteiger partial charge in [-0.15, -0.1) is 11.3 Å². The van der Waals surface area contributed by atoms with Gasteiger partial charge in [0.15, 0.2) is 0 Å². The molecule has 0 saturated heterocycles. The fourth-order valence-electron chi connectivity index (χ4n) is 3.77. The summed E-state index contributed by atoms with van der Waals surface area (Å²) in [6.07, 6.45) is 5.95. The van der Waals surface area contributed by atoms with Crippen molar-refractivity contribution < 1.29 is 9.53 Å². The molecule has 0 fully saturated rings. The van der Waals surface area contributed by atoms with Crippen LogP contribution in [0.15, 0.2) is 38.9 Å². The molecule has 9 heteroatoms. The van der Waals surface area contributed by atoms with Crippen molar-refractivity contribution in [3.05, 3.63) is 55.4 Å². The van der Waals surface area contributed by atoms with E-state index < -0.39 is 6.04 Å². The van der Waals surface area contributed by atoms with E-state index in [0.717, 1.165) is 39.7 Å². The monoisotopic (exact) mass is 502 g/mol. The molecular formula is C22H23BrN4O3S. The topological polar surface area (TPSA) is 85.6 Å². The molecule has 1 aromatic carbocycles. The number of carbonyl (C=O) groups is 1. The Balaban J connectivity index is 1.53. The molecule has 2 aromatic heterocycles. The molecule has 0 spiro atoms. The lowest BCUT2D eigenvalue weighted by Gasteiger charge is -2.18. The van der Waals surface area contributed by atoms with Crippen LogP contribution >= 0.6 is 27.3 Å². The van der Waals surface area contributed by atoms with E-state index in [4.69, 9.17) is 4.74 Å². The van der Waals surface area contributed by atoms with Crippen LogP contribution in [0.1, 0.15) is 42.3 Å². The lowest BCUT2D eigenvalue weighted by Crippen LogP contribution is -2.34. The third kappa shape index (κ3) is 4.29. The highest BCUT2D eigenvalue weighted by molar-refractivity contribution is 9.10. The Morgan fingerprint density at radius 2 is 2.29 bits per heavy atom. The number of methoxy groups -OCH3 is 1. The number of halogens is 1. The van der Waals surface area contributed by atoms with Gasteiger partial charge in [-0.1, -0.05) is 6.92 Å². The molecule has 3 aromatic rings. The molecule has 1 aliphatic rings. The fourth-order valence-corrected chi connectivity index (χ4v) is 5.67. The van der Waals surface area contributed by atoms with Gasteiger partial charge in [0.05, 0.1) is 29.5 Å². The number of hydrogen-bond acceptors (Lipinski definition) is 6. The van der Waals surface area contributed by atoms with E-state index in [-0.39, 0.29) is 11.5 Å². The second-order valence-electron chi connectivity index (χ2n) is 7.79. The molecule has 1 amide bonds. The number of aryl methyl sites for hydroxylation is 1. The van der Waals surface area contributed by atoms with Crippen LogP contribution in [0.4, 0.5) is 0 Å². The molecule has 2 heterocycles. The molecule has 162 valence electrons. The summed E-state index contributed by atoms with van der Waals surface area (Å²) in [4.78, 5) is 32.3. The standard InChI is InChI=1S/C22H23BrN4O3S/c1-12-4-6-15-18(8-12)31-21-19(15)22(29)27(11-24-21)13(2)20(28)26-25-10-14-5-7-17(30-3)16(23)9-14/h5,7,9-13H,4,6,8H2,1-3H3,(H,26,28)/b25-10+/t12-,13-/m1/s1. The largest absolute Gasteiger partial charge is 0.496 e. The molecule has 1 aliphatic carbocycles. The Morgan fingerprint density at radius 1 is 1.48 bits per heavy atom. The molecule has 0 bridgehead atoms. The summed E-state index contributed by atoms with van der Waals surface area (Å²) in [6, 6.07) is 4.73. The number of thiophene rings is 1. The van der Waals surface area contributed by atoms with Gasteiger partial charge in [-0.05, 0) is 77.4 Å². The Labute approximate surface area is 192 Å². The Morgan fingerprint density at radius 3 is 3.03 bits per heavy atom. The number of hydrazone groups is 1. The first-order valence-electron chi connectivity index (χ1n) is 10.1. The minimum absolute atomic E-state index is 0.164. The van der Waals surface area contributed by atoms with Gasteiger partial charge in [0.2, 0.25) is 0 Å². The second kappa shape index (κ2) is 8.92. The Bertz CT molecular complexity index is 1230. The zero-order chi connectivity index (χ0) is 22.1. The van der Waals surface area contributed by atoms with Gasteiger partial charge in [-0.3, -0.25) is 14.2 Å². The van der Waals surface area contributed by atoms with Crippen molar-refractivity contribution in [1.82, 2.24) is 15.0 Å². The van der Waals surface area contributed by atoms with Crippen LogP contribution in [0.2, 0.25) is 0 Å². The van der Waals surface area contributed by atoms with Crippen molar-refractivity contribution in [2.45, 2.75) is 39.2 Å². The Kier molecular flexibility index (Phi) is 6.24. The maximum absolute atomic E-state index is 13.2. The van der Waals surface area contributed by atoms with Crippen molar-refractivity contribution in [3.8, 4) is 5.75 Å². The zero-order valence-corrected chi connectivity index (χ0v) is 19.9. The van der Waals surface area contributed by atoms with Gasteiger partial charge < -0.3 is 4.74 Å². The highest BCUT2D eigenvalue weighted by atomic mass is 79.9. The van der Waals surface area contributed by atoms with Crippen LogP contribution in [0.3, 0.4) is 0 Å². The molecule has 7 nitrogen and oxygen atoms in total. The summed E-state index contributed by atoms with van der Waals surface area (Å²) in [5, 5.41) is 4.69. The average molecular weight is 503 g/mol. The number of fused-ring (bicyclic) bond motifs is 3. The van der Waals surface area contributed by atoms with Crippen molar-refractivity contribution in [2.75, 3.05) is 7.11 Å². The van der Waals surface area contributed by atoms with Crippen LogP contribution in [0.25, 0.3) is 10.2 Å². The number of carbonyl (C=O) groups excluding carboxylic acids is 1. The van der Waals surface area contributed by atoms with Gasteiger partial charge in [0.1, 0.15) is 16.6 Å². The number of ether oxygens (including phenoxy) is 1. The van der Waals surface area contributed by atoms with Crippen LogP contribution < -0.4 is 15.7 Å². The summed E-state index contributed by atoms with van der Waals surface area (Å²) < 4.78 is 7.38. The number of aromatic nitrogens is 2. The van der Waals surface area contributed by atoms with Crippen LogP contribution in [0.5, 0.6) is 5.75 Å². The quantitative estimate of drug-likeness (QED) is 0.420. The number of hydrogen-bond donors (Lipinski definition) is 1. The van der Waals surface area contributed by atoms with Crippen molar-refractivity contribution in [3.63, 3.8) is 0 Å². The first-order chi connectivity index (χ1) is 14.9. The van der Waals surface area contributed by atoms with Crippen LogP contribution in [-0.4, -0.2) is 28.8 Å². The summed E-state index contributed by atoms with van der Waals surface area (Å²) in [5.41, 5.74) is 4.25. The van der Waals surface area contributed by atoms with Gasteiger partial charge >= 0.3 is 0 Å². The molecule has 4 rings (SSSR count). The van der Waals surface area contributed by atoms with Crippen molar-refractivity contribution >= 4 is 49.6 Å². The lowest BCUT2D eigenvalue weighted by atomic mass is 9.89. The minimum atomic E-state index is -0.734. The molecular weight excluding hydrogens is 480 g/mol. The number of benzene rings is 1. The predicted molar refractivity (Wildman–Crippen MR) is 126 cm³/mol. The minimum Gasteiger partial charge on any atom is -0.496 e. The third-order valence-corrected chi connectivity index (χ3v) is 7.38. The lowest BCUT2D eigenvalue weighted by molar-refractivity contribution is -0.123. The Hall–Kier alpha value is -2.52. The molecule has 0 radical (unpaired) electrons. The summed E-state index contributed by atoms with van der Waals surface area (Å²) in [6.45, 7) is 3.90. The molecule has 2 atom stereocenters. The van der Waals surface area contributed by atoms with Gasteiger partial charge in [-0.2, -0.15) is 5.10 Å². The normalized spacial score (nSPS) is 17.0. The molecule has 0 aliphatic heterocycles. The summed E-state index contributed by atoms with van der Waals surface area (Å²) in [5.74, 6) is 0.948. The van der Waals surface area contributed by atoms with Crippen LogP contribution in [-0.2, 0) is 17.6 Å². The number of rotatable bonds is 5. The molecule has 0 unspecified atom stereocenters. The van der Waals surface area contributed by atoms with Crippen LogP contribution in [0, 0.1) is 5.92 Å². The van der Waals surface area contributed by atoms with E-state index >= 15 is 0 Å². The first-order valence-corrected chi connectivity index (χ1v) is 11.7. The number of nitrogens with one attached hydrogen (secondary N) is 1. The molecule has 31 heavy (non-hydrogen) atoms. The highest BCUT2D eigenvalue weighted by Gasteiger charge is 2.25. The fraction of sp³-hybridized carbons (Fsp3) is 0.364. The predicted octanol–water partition coefficient (Wildman–Crippen LogP) is 4.07. The molecule has 1 N–H and O–H groups in total. The van der Waals surface area contributed by atoms with E-state index in [1.165, 1.54) is 22.0 Å². The van der Waals surface area contributed by atoms with Gasteiger partial charge in [0, 0.05) is 4.88 Å². The van der Waals surface area contributed by atoms with E-state index in [9.17, 15) is 9.59 Å². The summed E-state index contributed by atoms with van der Waals surface area (Å²) in [7, 11) is 1.59. The first kappa shape index (κ1) is 21.7. The maximum atomic E-state index is 13.2. The highest BCUT2D eigenvalue weighted by Crippen LogP contribution is 2.35. The zero-order valence-electron chi connectivity index (χ0n) is 17.5. The smallest absolute Gasteiger partial charge is 0.263 e. The second-order valence-corrected chi connectivity index (χ2v) is 9.73. The SMILES string of the molecule is COc1ccc(/C=N/NC(=O)[C@@H](C)n2cnc3sc4c(c3c2=O)CC[C@@H](C)C4)cc1Br. The van der Waals surface area contributed by atoms with E-state index in [1.54, 1.807) is 31.4 Å². The maximum Gasteiger partial charge on any atom is 0.263 e. The van der Waals surface area contributed by atoms with E-state index in [0.29, 0.717) is 17.1 Å². The van der Waals surface area contributed by atoms with Crippen molar-refractivity contribution in [1.29, 1.82) is 0 Å².